The molecule has 0 radical (unpaired) electrons. The zero-order chi connectivity index (χ0) is 27.5. The highest BCUT2D eigenvalue weighted by Gasteiger charge is 2.27. The van der Waals surface area contributed by atoms with Gasteiger partial charge in [-0.3, -0.25) is 0 Å². The van der Waals surface area contributed by atoms with Crippen LogP contribution in [0.25, 0.3) is 5.76 Å². The number of aromatic nitrogens is 2. The molecule has 2 fully saturated rings. The molecule has 0 unspecified atom stereocenters. The van der Waals surface area contributed by atoms with Crippen molar-refractivity contribution in [2.45, 2.75) is 43.0 Å². The van der Waals surface area contributed by atoms with E-state index < -0.39 is 0 Å². The Bertz CT molecular complexity index is 1370. The molecular weight excluding hydrogens is 520 g/mol. The van der Waals surface area contributed by atoms with Gasteiger partial charge in [0.2, 0.25) is 5.95 Å². The van der Waals surface area contributed by atoms with Crippen LogP contribution in [0.1, 0.15) is 36.9 Å². The Morgan fingerprint density at radius 3 is 2.60 bits per heavy atom. The molecule has 0 spiro atoms. The van der Waals surface area contributed by atoms with Gasteiger partial charge in [-0.1, -0.05) is 18.7 Å². The topological polar surface area (TPSA) is 74.8 Å². The Labute approximate surface area is 241 Å². The Morgan fingerprint density at radius 2 is 1.82 bits per heavy atom. The van der Waals surface area contributed by atoms with Crippen LogP contribution in [-0.2, 0) is 11.2 Å². The normalized spacial score (nSPS) is 17.5. The number of anilines is 5. The summed E-state index contributed by atoms with van der Waals surface area (Å²) < 4.78 is 11.1. The molecule has 8 nitrogen and oxygen atoms in total. The number of rotatable bonds is 9. The quantitative estimate of drug-likeness (QED) is 0.294. The van der Waals surface area contributed by atoms with E-state index in [-0.39, 0.29) is 0 Å². The molecule has 2 saturated heterocycles. The molecule has 6 rings (SSSR count). The summed E-state index contributed by atoms with van der Waals surface area (Å²) in [6.07, 6.45) is 6.07. The van der Waals surface area contributed by atoms with E-state index in [1.165, 1.54) is 44.5 Å². The van der Waals surface area contributed by atoms with E-state index in [1.807, 2.05) is 24.3 Å². The van der Waals surface area contributed by atoms with Gasteiger partial charge < -0.3 is 29.9 Å². The summed E-state index contributed by atoms with van der Waals surface area (Å²) >= 11 is 1.79. The fourth-order valence-electron chi connectivity index (χ4n) is 5.93. The molecule has 4 heterocycles. The van der Waals surface area contributed by atoms with Crippen molar-refractivity contribution in [3.05, 3.63) is 60.3 Å². The highest BCUT2D eigenvalue weighted by atomic mass is 32.2. The lowest BCUT2D eigenvalue weighted by Gasteiger charge is -2.38. The first kappa shape index (κ1) is 26.8. The maximum Gasteiger partial charge on any atom is 0.229 e. The number of hydrogen-bond acceptors (Lipinski definition) is 9. The maximum atomic E-state index is 5.82. The number of aryl methyl sites for hydroxylation is 1. The van der Waals surface area contributed by atoms with E-state index in [0.717, 1.165) is 70.4 Å². The molecule has 0 aliphatic carbocycles. The van der Waals surface area contributed by atoms with Crippen LogP contribution >= 0.6 is 11.8 Å². The third kappa shape index (κ3) is 5.71. The number of likely N-dealkylation sites (tertiary alicyclic amines) is 1. The van der Waals surface area contributed by atoms with Crippen molar-refractivity contribution in [2.75, 3.05) is 61.7 Å². The number of fused-ring (bicyclic) bond motifs is 1. The van der Waals surface area contributed by atoms with Gasteiger partial charge >= 0.3 is 0 Å². The second kappa shape index (κ2) is 12.0. The van der Waals surface area contributed by atoms with Crippen LogP contribution in [-0.4, -0.2) is 67.1 Å². The molecule has 2 aromatic carbocycles. The van der Waals surface area contributed by atoms with Gasteiger partial charge in [0.05, 0.1) is 30.5 Å². The minimum Gasteiger partial charge on any atom is -0.497 e. The Hall–Kier alpha value is -3.43. The molecule has 3 aliphatic heterocycles. The number of nitrogens with one attached hydrogen (secondary N) is 2. The van der Waals surface area contributed by atoms with Crippen molar-refractivity contribution >= 4 is 46.3 Å². The number of piperidine rings is 1. The van der Waals surface area contributed by atoms with Gasteiger partial charge in [0, 0.05) is 54.3 Å². The van der Waals surface area contributed by atoms with Gasteiger partial charge in [0.15, 0.2) is 0 Å². The SMILES string of the molecule is C=C(OC)c1cccc(Nc2nc(Nc3ccc(N4CCC(N5CCCC5)CC4)cc3OC)nc3c2SCC3)c1. The van der Waals surface area contributed by atoms with Crippen molar-refractivity contribution in [2.24, 2.45) is 0 Å². The minimum atomic E-state index is 0.554. The number of hydrogen-bond donors (Lipinski definition) is 2. The number of benzene rings is 2. The number of thioether (sulfide) groups is 1. The molecule has 210 valence electrons. The Morgan fingerprint density at radius 1 is 1.00 bits per heavy atom. The highest BCUT2D eigenvalue weighted by Crippen LogP contribution is 2.39. The smallest absolute Gasteiger partial charge is 0.229 e. The Kier molecular flexibility index (Phi) is 8.02. The monoisotopic (exact) mass is 558 g/mol. The summed E-state index contributed by atoms with van der Waals surface area (Å²) in [5.74, 6) is 3.76. The fraction of sp³-hybridized carbons (Fsp3) is 0.419. The van der Waals surface area contributed by atoms with Crippen molar-refractivity contribution < 1.29 is 9.47 Å². The first-order valence-corrected chi connectivity index (χ1v) is 15.2. The molecular formula is C31H38N6O2S. The molecule has 0 amide bonds. The molecule has 0 bridgehead atoms. The second-order valence-electron chi connectivity index (χ2n) is 10.6. The summed E-state index contributed by atoms with van der Waals surface area (Å²) in [5, 5.41) is 6.94. The molecule has 2 N–H and O–H groups in total. The third-order valence-corrected chi connectivity index (χ3v) is 9.26. The van der Waals surface area contributed by atoms with Crippen LogP contribution in [0.2, 0.25) is 0 Å². The molecule has 3 aliphatic rings. The van der Waals surface area contributed by atoms with Gasteiger partial charge in [-0.05, 0) is 63.0 Å². The molecule has 9 heteroatoms. The first-order chi connectivity index (χ1) is 19.6. The lowest BCUT2D eigenvalue weighted by Crippen LogP contribution is -2.43. The largest absolute Gasteiger partial charge is 0.497 e. The molecule has 0 atom stereocenters. The summed E-state index contributed by atoms with van der Waals surface area (Å²) in [6, 6.07) is 15.1. The van der Waals surface area contributed by atoms with E-state index in [2.05, 4.69) is 45.2 Å². The molecule has 40 heavy (non-hydrogen) atoms. The van der Waals surface area contributed by atoms with Crippen LogP contribution < -0.4 is 20.3 Å². The lowest BCUT2D eigenvalue weighted by atomic mass is 10.0. The highest BCUT2D eigenvalue weighted by molar-refractivity contribution is 7.99. The van der Waals surface area contributed by atoms with Gasteiger partial charge in [-0.15, -0.1) is 11.8 Å². The average molecular weight is 559 g/mol. The van der Waals surface area contributed by atoms with Gasteiger partial charge in [-0.25, -0.2) is 4.98 Å². The zero-order valence-electron chi connectivity index (χ0n) is 23.4. The number of methoxy groups -OCH3 is 2. The van der Waals surface area contributed by atoms with Crippen LogP contribution in [0.15, 0.2) is 53.9 Å². The van der Waals surface area contributed by atoms with Crippen LogP contribution in [0.3, 0.4) is 0 Å². The van der Waals surface area contributed by atoms with E-state index in [4.69, 9.17) is 19.4 Å². The summed E-state index contributed by atoms with van der Waals surface area (Å²) in [5.41, 5.74) is 4.96. The summed E-state index contributed by atoms with van der Waals surface area (Å²) in [4.78, 5) is 16.0. The summed E-state index contributed by atoms with van der Waals surface area (Å²) in [7, 11) is 3.35. The van der Waals surface area contributed by atoms with Crippen molar-refractivity contribution in [1.29, 1.82) is 0 Å². The molecule has 3 aromatic rings. The first-order valence-electron chi connectivity index (χ1n) is 14.2. The zero-order valence-corrected chi connectivity index (χ0v) is 24.2. The van der Waals surface area contributed by atoms with Crippen molar-refractivity contribution in [3.8, 4) is 5.75 Å². The maximum absolute atomic E-state index is 5.82. The second-order valence-corrected chi connectivity index (χ2v) is 11.7. The number of nitrogens with zero attached hydrogens (tertiary/aromatic N) is 4. The van der Waals surface area contributed by atoms with Crippen LogP contribution in [0, 0.1) is 0 Å². The van der Waals surface area contributed by atoms with Gasteiger partial charge in [-0.2, -0.15) is 4.98 Å². The average Bonchev–Trinajstić information content (AvgIpc) is 3.70. The van der Waals surface area contributed by atoms with Crippen molar-refractivity contribution in [3.63, 3.8) is 0 Å². The van der Waals surface area contributed by atoms with E-state index in [0.29, 0.717) is 11.7 Å². The molecule has 0 saturated carbocycles. The fourth-order valence-corrected chi connectivity index (χ4v) is 6.98. The third-order valence-electron chi connectivity index (χ3n) is 8.13. The Balaban J connectivity index is 1.19. The lowest BCUT2D eigenvalue weighted by molar-refractivity contribution is 0.208. The van der Waals surface area contributed by atoms with Crippen LogP contribution in [0.4, 0.5) is 28.8 Å². The standard InChI is InChI=1S/C31H38N6O2S/c1-21(38-2)22-7-6-8-23(19-22)32-30-29-27(13-18-40-29)34-31(35-30)33-26-10-9-25(20-28(26)39-3)37-16-11-24(12-17-37)36-14-4-5-15-36/h6-10,19-20,24H,1,4-5,11-18H2,2-3H3,(H2,32,33,34,35). The van der Waals surface area contributed by atoms with Gasteiger partial charge in [0.1, 0.15) is 17.3 Å². The van der Waals surface area contributed by atoms with Crippen LogP contribution in [0.5, 0.6) is 5.75 Å². The van der Waals surface area contributed by atoms with E-state index in [1.54, 1.807) is 26.0 Å². The summed E-state index contributed by atoms with van der Waals surface area (Å²) in [6.45, 7) is 8.68. The number of ether oxygens (including phenoxy) is 2. The predicted molar refractivity (Wildman–Crippen MR) is 165 cm³/mol. The van der Waals surface area contributed by atoms with E-state index >= 15 is 0 Å². The predicted octanol–water partition coefficient (Wildman–Crippen LogP) is 6.30. The molecule has 1 aromatic heterocycles. The van der Waals surface area contributed by atoms with E-state index in [9.17, 15) is 0 Å². The minimum absolute atomic E-state index is 0.554. The van der Waals surface area contributed by atoms with Crippen molar-refractivity contribution in [1.82, 2.24) is 14.9 Å². The van der Waals surface area contributed by atoms with Gasteiger partial charge in [0.25, 0.3) is 0 Å².